The Labute approximate surface area is 153 Å². The van der Waals surface area contributed by atoms with Gasteiger partial charge in [-0.1, -0.05) is 18.2 Å². The maximum Gasteiger partial charge on any atom is 0.251 e. The number of aliphatic hydroxyl groups excluding tert-OH is 1. The van der Waals surface area contributed by atoms with Crippen LogP contribution >= 0.6 is 0 Å². The van der Waals surface area contributed by atoms with Crippen LogP contribution in [0.3, 0.4) is 0 Å². The second-order valence-electron chi connectivity index (χ2n) is 5.70. The molecule has 0 heterocycles. The fourth-order valence-corrected chi connectivity index (χ4v) is 3.63. The zero-order valence-electron chi connectivity index (χ0n) is 14.3. The third kappa shape index (κ3) is 5.47. The first-order chi connectivity index (χ1) is 12.4. The molecule has 0 fully saturated rings. The quantitative estimate of drug-likeness (QED) is 0.386. The molecule has 2 aromatic rings. The summed E-state index contributed by atoms with van der Waals surface area (Å²) >= 11 is 0. The van der Waals surface area contributed by atoms with Crippen LogP contribution in [-0.4, -0.2) is 44.9 Å². The van der Waals surface area contributed by atoms with Crippen molar-refractivity contribution in [1.82, 2.24) is 5.32 Å². The highest BCUT2D eigenvalue weighted by molar-refractivity contribution is 7.91. The Balaban J connectivity index is 1.89. The van der Waals surface area contributed by atoms with Crippen molar-refractivity contribution in [3.63, 3.8) is 0 Å². The molecule has 0 aliphatic rings. The zero-order valence-corrected chi connectivity index (χ0v) is 15.1. The van der Waals surface area contributed by atoms with E-state index in [1.54, 1.807) is 36.4 Å². The summed E-state index contributed by atoms with van der Waals surface area (Å²) in [6, 6.07) is 13.5. The smallest absolute Gasteiger partial charge is 0.251 e. The van der Waals surface area contributed by atoms with Crippen LogP contribution in [0.1, 0.15) is 16.8 Å². The number of carbonyl (C=O) groups excluding carboxylic acids is 1. The van der Waals surface area contributed by atoms with Gasteiger partial charge in [0.1, 0.15) is 0 Å². The van der Waals surface area contributed by atoms with Gasteiger partial charge in [-0.15, -0.1) is 0 Å². The number of hydrogen-bond donors (Lipinski definition) is 4. The van der Waals surface area contributed by atoms with Crippen molar-refractivity contribution >= 4 is 27.1 Å². The molecule has 2 aromatic carbocycles. The van der Waals surface area contributed by atoms with Crippen LogP contribution in [0.4, 0.5) is 11.4 Å². The number of sulfone groups is 1. The Hall–Kier alpha value is -2.58. The first-order valence-corrected chi connectivity index (χ1v) is 9.89. The number of anilines is 2. The topological polar surface area (TPSA) is 122 Å². The third-order valence-electron chi connectivity index (χ3n) is 3.69. The molecule has 0 aliphatic heterocycles. The van der Waals surface area contributed by atoms with E-state index in [4.69, 9.17) is 10.8 Å². The summed E-state index contributed by atoms with van der Waals surface area (Å²) < 4.78 is 24.5. The summed E-state index contributed by atoms with van der Waals surface area (Å²) in [5.41, 5.74) is 7.04. The number of carbonyl (C=O) groups is 1. The van der Waals surface area contributed by atoms with Crippen LogP contribution in [0.25, 0.3) is 0 Å². The van der Waals surface area contributed by atoms with Crippen molar-refractivity contribution in [3.8, 4) is 0 Å². The van der Waals surface area contributed by atoms with E-state index in [0.29, 0.717) is 36.4 Å². The SMILES string of the molecule is Nc1ccc(NCCCNC(=O)c2ccccc2)c(S(=O)(=O)CCO)c1. The lowest BCUT2D eigenvalue weighted by Crippen LogP contribution is -2.25. The molecule has 0 atom stereocenters. The summed E-state index contributed by atoms with van der Waals surface area (Å²) in [5.74, 6) is -0.512. The highest BCUT2D eigenvalue weighted by Crippen LogP contribution is 2.25. The van der Waals surface area contributed by atoms with Gasteiger partial charge in [-0.2, -0.15) is 0 Å². The molecule has 0 bridgehead atoms. The summed E-state index contributed by atoms with van der Waals surface area (Å²) in [6.45, 7) is 0.469. The van der Waals surface area contributed by atoms with Crippen LogP contribution in [0, 0.1) is 0 Å². The van der Waals surface area contributed by atoms with Gasteiger partial charge in [0.2, 0.25) is 0 Å². The average Bonchev–Trinajstić information content (AvgIpc) is 2.63. The number of hydrogen-bond acceptors (Lipinski definition) is 6. The van der Waals surface area contributed by atoms with Crippen LogP contribution in [-0.2, 0) is 9.84 Å². The van der Waals surface area contributed by atoms with Crippen molar-refractivity contribution in [1.29, 1.82) is 0 Å². The monoisotopic (exact) mass is 377 g/mol. The van der Waals surface area contributed by atoms with Crippen LogP contribution in [0.15, 0.2) is 53.4 Å². The second-order valence-corrected chi connectivity index (χ2v) is 7.78. The van der Waals surface area contributed by atoms with Crippen LogP contribution < -0.4 is 16.4 Å². The number of amides is 1. The first kappa shape index (κ1) is 19.7. The highest BCUT2D eigenvalue weighted by Gasteiger charge is 2.18. The summed E-state index contributed by atoms with van der Waals surface area (Å²) in [4.78, 5) is 12.0. The number of benzene rings is 2. The Morgan fingerprint density at radius 1 is 1.08 bits per heavy atom. The lowest BCUT2D eigenvalue weighted by atomic mass is 10.2. The van der Waals surface area contributed by atoms with Gasteiger partial charge in [0.25, 0.3) is 5.91 Å². The number of nitrogens with two attached hydrogens (primary N) is 1. The second kappa shape index (κ2) is 9.21. The van der Waals surface area contributed by atoms with E-state index in [1.807, 2.05) is 6.07 Å². The van der Waals surface area contributed by atoms with Gasteiger partial charge in [-0.3, -0.25) is 4.79 Å². The van der Waals surface area contributed by atoms with Crippen LogP contribution in [0.5, 0.6) is 0 Å². The Bertz CT molecular complexity index is 839. The molecule has 0 unspecified atom stereocenters. The van der Waals surface area contributed by atoms with E-state index in [1.165, 1.54) is 6.07 Å². The van der Waals surface area contributed by atoms with Crippen molar-refractivity contribution in [2.45, 2.75) is 11.3 Å². The van der Waals surface area contributed by atoms with E-state index >= 15 is 0 Å². The van der Waals surface area contributed by atoms with Crippen molar-refractivity contribution in [2.75, 3.05) is 36.5 Å². The largest absolute Gasteiger partial charge is 0.399 e. The van der Waals surface area contributed by atoms with Crippen molar-refractivity contribution in [2.24, 2.45) is 0 Å². The van der Waals surface area contributed by atoms with E-state index in [9.17, 15) is 13.2 Å². The van der Waals surface area contributed by atoms with Crippen molar-refractivity contribution in [3.05, 3.63) is 54.1 Å². The summed E-state index contributed by atoms with van der Waals surface area (Å²) in [7, 11) is -3.62. The van der Waals surface area contributed by atoms with Gasteiger partial charge >= 0.3 is 0 Å². The lowest BCUT2D eigenvalue weighted by Gasteiger charge is -2.13. The molecule has 0 saturated heterocycles. The Morgan fingerprint density at radius 2 is 1.81 bits per heavy atom. The molecule has 5 N–H and O–H groups in total. The van der Waals surface area contributed by atoms with E-state index in [0.717, 1.165) is 0 Å². The molecule has 26 heavy (non-hydrogen) atoms. The molecule has 7 nitrogen and oxygen atoms in total. The fourth-order valence-electron chi connectivity index (χ4n) is 2.38. The van der Waals surface area contributed by atoms with Crippen LogP contribution in [0.2, 0.25) is 0 Å². The van der Waals surface area contributed by atoms with Crippen molar-refractivity contribution < 1.29 is 18.3 Å². The third-order valence-corrected chi connectivity index (χ3v) is 5.42. The van der Waals surface area contributed by atoms with E-state index in [2.05, 4.69) is 10.6 Å². The minimum atomic E-state index is -3.62. The number of rotatable bonds is 9. The number of nitrogen functional groups attached to an aromatic ring is 1. The zero-order chi connectivity index (χ0) is 19.0. The normalized spacial score (nSPS) is 11.1. The minimum absolute atomic E-state index is 0.0693. The molecule has 0 radical (unpaired) electrons. The number of nitrogens with one attached hydrogen (secondary N) is 2. The maximum atomic E-state index is 12.2. The van der Waals surface area contributed by atoms with Gasteiger partial charge < -0.3 is 21.5 Å². The fraction of sp³-hybridized carbons (Fsp3) is 0.278. The standard InChI is InChI=1S/C18H23N3O4S/c19-15-7-8-16(17(13-15)26(24,25)12-11-22)20-9-4-10-21-18(23)14-5-2-1-3-6-14/h1-3,5-8,13,20,22H,4,9-12,19H2,(H,21,23). The molecule has 8 heteroatoms. The summed E-state index contributed by atoms with van der Waals surface area (Å²) in [5, 5.41) is 14.8. The van der Waals surface area contributed by atoms with Gasteiger partial charge in [0.15, 0.2) is 9.84 Å². The predicted octanol–water partition coefficient (Wildman–Crippen LogP) is 1.27. The van der Waals surface area contributed by atoms with E-state index < -0.39 is 16.4 Å². The molecule has 0 aliphatic carbocycles. The first-order valence-electron chi connectivity index (χ1n) is 8.24. The molecule has 1 amide bonds. The molecule has 2 rings (SSSR count). The van der Waals surface area contributed by atoms with Gasteiger partial charge in [0, 0.05) is 24.3 Å². The van der Waals surface area contributed by atoms with E-state index in [-0.39, 0.29) is 16.6 Å². The number of aliphatic hydroxyl groups is 1. The molecule has 0 aromatic heterocycles. The maximum absolute atomic E-state index is 12.2. The summed E-state index contributed by atoms with van der Waals surface area (Å²) in [6.07, 6.45) is 0.614. The van der Waals surface area contributed by atoms with Gasteiger partial charge in [0.05, 0.1) is 22.9 Å². The molecular weight excluding hydrogens is 354 g/mol. The molecule has 0 saturated carbocycles. The lowest BCUT2D eigenvalue weighted by molar-refractivity contribution is 0.0953. The predicted molar refractivity (Wildman–Crippen MR) is 102 cm³/mol. The Morgan fingerprint density at radius 3 is 2.50 bits per heavy atom. The minimum Gasteiger partial charge on any atom is -0.399 e. The average molecular weight is 377 g/mol. The molecular formula is C18H23N3O4S. The van der Waals surface area contributed by atoms with Gasteiger partial charge in [-0.25, -0.2) is 8.42 Å². The highest BCUT2D eigenvalue weighted by atomic mass is 32.2. The molecule has 0 spiro atoms. The Kier molecular flexibility index (Phi) is 6.99. The van der Waals surface area contributed by atoms with Gasteiger partial charge in [-0.05, 0) is 36.8 Å². The molecule has 140 valence electrons.